The Morgan fingerprint density at radius 1 is 1.30 bits per heavy atom. The first-order valence-corrected chi connectivity index (χ1v) is 7.48. The summed E-state index contributed by atoms with van der Waals surface area (Å²) in [7, 11) is 1.65. The van der Waals surface area contributed by atoms with Gasteiger partial charge in [-0.3, -0.25) is 0 Å². The third-order valence-electron chi connectivity index (χ3n) is 4.09. The number of aromatic hydroxyl groups is 1. The Bertz CT molecular complexity index is 415. The average Bonchev–Trinajstić information content (AvgIpc) is 2.39. The maximum atomic E-state index is 10.1. The van der Waals surface area contributed by atoms with E-state index in [2.05, 4.69) is 20.8 Å². The fourth-order valence-electron chi connectivity index (χ4n) is 2.64. The van der Waals surface area contributed by atoms with Crippen LogP contribution in [0.1, 0.15) is 52.0 Å². The van der Waals surface area contributed by atoms with Crippen LogP contribution >= 0.6 is 0 Å². The van der Waals surface area contributed by atoms with E-state index in [1.807, 2.05) is 6.07 Å². The smallest absolute Gasteiger partial charge is 0.119 e. The van der Waals surface area contributed by atoms with E-state index in [9.17, 15) is 5.11 Å². The summed E-state index contributed by atoms with van der Waals surface area (Å²) in [6.45, 7) is 7.37. The van der Waals surface area contributed by atoms with Crippen molar-refractivity contribution < 1.29 is 9.84 Å². The number of rotatable bonds is 8. The number of methoxy groups -OCH3 is 1. The minimum Gasteiger partial charge on any atom is -0.508 e. The topological polar surface area (TPSA) is 55.5 Å². The van der Waals surface area contributed by atoms with Gasteiger partial charge in [-0.15, -0.1) is 0 Å². The van der Waals surface area contributed by atoms with Gasteiger partial charge in [0, 0.05) is 5.56 Å². The second-order valence-electron chi connectivity index (χ2n) is 6.34. The molecule has 3 heteroatoms. The van der Waals surface area contributed by atoms with Crippen molar-refractivity contribution >= 4 is 0 Å². The van der Waals surface area contributed by atoms with Gasteiger partial charge in [-0.2, -0.15) is 0 Å². The molecular formula is C17H29NO2. The van der Waals surface area contributed by atoms with Gasteiger partial charge in [-0.25, -0.2) is 0 Å². The Hall–Kier alpha value is -1.22. The highest BCUT2D eigenvalue weighted by atomic mass is 16.5. The van der Waals surface area contributed by atoms with Gasteiger partial charge in [0.15, 0.2) is 0 Å². The number of hydrogen-bond acceptors (Lipinski definition) is 3. The Morgan fingerprint density at radius 2 is 2.00 bits per heavy atom. The standard InChI is InChI=1S/C17H29NO2/c1-13(9-11-18)6-5-10-17(2,3)15-12-14(20-4)7-8-16(15)19/h7-8,12-13,19H,5-6,9-11,18H2,1-4H3. The van der Waals surface area contributed by atoms with Crippen LogP contribution in [0.3, 0.4) is 0 Å². The molecule has 0 aliphatic rings. The first-order valence-electron chi connectivity index (χ1n) is 7.48. The van der Waals surface area contributed by atoms with Crippen molar-refractivity contribution in [3.8, 4) is 11.5 Å². The minimum absolute atomic E-state index is 0.0545. The van der Waals surface area contributed by atoms with E-state index in [1.165, 1.54) is 6.42 Å². The van der Waals surface area contributed by atoms with Crippen LogP contribution in [0.15, 0.2) is 18.2 Å². The lowest BCUT2D eigenvalue weighted by Gasteiger charge is -2.27. The van der Waals surface area contributed by atoms with Gasteiger partial charge in [-0.1, -0.05) is 33.6 Å². The van der Waals surface area contributed by atoms with Crippen LogP contribution in [-0.2, 0) is 5.41 Å². The van der Waals surface area contributed by atoms with E-state index in [0.29, 0.717) is 11.7 Å². The van der Waals surface area contributed by atoms with Crippen LogP contribution in [0, 0.1) is 5.92 Å². The van der Waals surface area contributed by atoms with Crippen LogP contribution in [-0.4, -0.2) is 18.8 Å². The molecule has 20 heavy (non-hydrogen) atoms. The van der Waals surface area contributed by atoms with Crippen LogP contribution in [0.4, 0.5) is 0 Å². The molecule has 3 N–H and O–H groups in total. The summed E-state index contributed by atoms with van der Waals surface area (Å²) in [5.41, 5.74) is 6.49. The van der Waals surface area contributed by atoms with Crippen LogP contribution in [0.2, 0.25) is 0 Å². The highest BCUT2D eigenvalue weighted by Crippen LogP contribution is 2.37. The van der Waals surface area contributed by atoms with E-state index in [-0.39, 0.29) is 5.41 Å². The summed E-state index contributed by atoms with van der Waals surface area (Å²) in [5, 5.41) is 10.1. The minimum atomic E-state index is -0.0545. The first-order chi connectivity index (χ1) is 9.40. The van der Waals surface area contributed by atoms with Crippen molar-refractivity contribution in [2.24, 2.45) is 11.7 Å². The molecule has 0 aliphatic heterocycles. The Kier molecular flexibility index (Phi) is 6.34. The zero-order valence-corrected chi connectivity index (χ0v) is 13.3. The number of phenolic OH excluding ortho intramolecular Hbond substituents is 1. The van der Waals surface area contributed by atoms with Crippen LogP contribution in [0.5, 0.6) is 11.5 Å². The zero-order chi connectivity index (χ0) is 15.2. The van der Waals surface area contributed by atoms with Crippen molar-refractivity contribution in [3.63, 3.8) is 0 Å². The lowest BCUT2D eigenvalue weighted by Crippen LogP contribution is -2.18. The summed E-state index contributed by atoms with van der Waals surface area (Å²) in [6.07, 6.45) is 4.46. The molecule has 0 aromatic heterocycles. The van der Waals surface area contributed by atoms with E-state index < -0.39 is 0 Å². The number of benzene rings is 1. The molecule has 0 amide bonds. The molecular weight excluding hydrogens is 250 g/mol. The molecule has 1 aromatic carbocycles. The van der Waals surface area contributed by atoms with Crippen molar-refractivity contribution in [2.75, 3.05) is 13.7 Å². The summed E-state index contributed by atoms with van der Waals surface area (Å²) in [4.78, 5) is 0. The van der Waals surface area contributed by atoms with E-state index >= 15 is 0 Å². The summed E-state index contributed by atoms with van der Waals surface area (Å²) < 4.78 is 5.25. The van der Waals surface area contributed by atoms with E-state index in [4.69, 9.17) is 10.5 Å². The number of ether oxygens (including phenoxy) is 1. The Labute approximate surface area is 123 Å². The number of phenols is 1. The van der Waals surface area contributed by atoms with Gasteiger partial charge < -0.3 is 15.6 Å². The molecule has 0 saturated heterocycles. The molecule has 0 saturated carbocycles. The van der Waals surface area contributed by atoms with Gasteiger partial charge in [0.25, 0.3) is 0 Å². The highest BCUT2D eigenvalue weighted by molar-refractivity contribution is 5.43. The van der Waals surface area contributed by atoms with Gasteiger partial charge in [0.05, 0.1) is 7.11 Å². The van der Waals surface area contributed by atoms with Crippen molar-refractivity contribution in [1.29, 1.82) is 0 Å². The monoisotopic (exact) mass is 279 g/mol. The maximum absolute atomic E-state index is 10.1. The second-order valence-corrected chi connectivity index (χ2v) is 6.34. The molecule has 3 nitrogen and oxygen atoms in total. The molecule has 0 bridgehead atoms. The third-order valence-corrected chi connectivity index (χ3v) is 4.09. The molecule has 0 heterocycles. The molecule has 0 spiro atoms. The molecule has 1 atom stereocenters. The van der Waals surface area contributed by atoms with E-state index in [1.54, 1.807) is 19.2 Å². The molecule has 1 rings (SSSR count). The predicted octanol–water partition coefficient (Wildman–Crippen LogP) is 3.83. The summed E-state index contributed by atoms with van der Waals surface area (Å²) >= 11 is 0. The molecule has 0 aliphatic carbocycles. The molecule has 0 fully saturated rings. The van der Waals surface area contributed by atoms with Crippen molar-refractivity contribution in [1.82, 2.24) is 0 Å². The lowest BCUT2D eigenvalue weighted by molar-refractivity contribution is 0.377. The summed E-state index contributed by atoms with van der Waals surface area (Å²) in [6, 6.07) is 5.45. The lowest BCUT2D eigenvalue weighted by atomic mass is 9.79. The quantitative estimate of drug-likeness (QED) is 0.760. The SMILES string of the molecule is COc1ccc(O)c(C(C)(C)CCCC(C)CCN)c1. The van der Waals surface area contributed by atoms with E-state index in [0.717, 1.165) is 37.1 Å². The fourth-order valence-corrected chi connectivity index (χ4v) is 2.64. The number of nitrogens with two attached hydrogens (primary N) is 1. The van der Waals surface area contributed by atoms with Crippen molar-refractivity contribution in [2.45, 2.75) is 51.9 Å². The fraction of sp³-hybridized carbons (Fsp3) is 0.647. The average molecular weight is 279 g/mol. The molecule has 114 valence electrons. The van der Waals surface area contributed by atoms with Gasteiger partial charge in [0.2, 0.25) is 0 Å². The second kappa shape index (κ2) is 7.53. The zero-order valence-electron chi connectivity index (χ0n) is 13.3. The third kappa shape index (κ3) is 4.71. The maximum Gasteiger partial charge on any atom is 0.119 e. The van der Waals surface area contributed by atoms with Crippen molar-refractivity contribution in [3.05, 3.63) is 23.8 Å². The Balaban J connectivity index is 2.68. The van der Waals surface area contributed by atoms with Gasteiger partial charge in [-0.05, 0) is 48.9 Å². The molecule has 1 unspecified atom stereocenters. The largest absolute Gasteiger partial charge is 0.508 e. The highest BCUT2D eigenvalue weighted by Gasteiger charge is 2.24. The summed E-state index contributed by atoms with van der Waals surface area (Å²) in [5.74, 6) is 1.82. The molecule has 0 radical (unpaired) electrons. The predicted molar refractivity (Wildman–Crippen MR) is 84.4 cm³/mol. The van der Waals surface area contributed by atoms with Gasteiger partial charge >= 0.3 is 0 Å². The first kappa shape index (κ1) is 16.8. The Morgan fingerprint density at radius 3 is 2.60 bits per heavy atom. The van der Waals surface area contributed by atoms with Crippen LogP contribution < -0.4 is 10.5 Å². The normalized spacial score (nSPS) is 13.2. The molecule has 1 aromatic rings. The number of hydrogen-bond donors (Lipinski definition) is 2. The van der Waals surface area contributed by atoms with Crippen LogP contribution in [0.25, 0.3) is 0 Å². The van der Waals surface area contributed by atoms with Gasteiger partial charge in [0.1, 0.15) is 11.5 Å².